The zero-order valence-electron chi connectivity index (χ0n) is 24.2. The summed E-state index contributed by atoms with van der Waals surface area (Å²) in [5.74, 6) is -0.00470. The first-order valence-electron chi connectivity index (χ1n) is 14.7. The SMILES string of the molecule is COCCCN1CCOc2ccc(COC3CNCCC3c3ccc(OCCCOc4cccc(F)c4F)cc3)cc21. The second-order valence-electron chi connectivity index (χ2n) is 10.6. The zero-order chi connectivity index (χ0) is 29.1. The lowest BCUT2D eigenvalue weighted by molar-refractivity contribution is 0.0106. The predicted octanol–water partition coefficient (Wildman–Crippen LogP) is 5.71. The van der Waals surface area contributed by atoms with Gasteiger partial charge in [0.05, 0.1) is 38.2 Å². The van der Waals surface area contributed by atoms with Crippen LogP contribution >= 0.6 is 0 Å². The summed E-state index contributed by atoms with van der Waals surface area (Å²) in [7, 11) is 1.74. The Morgan fingerprint density at radius 3 is 2.69 bits per heavy atom. The quantitative estimate of drug-likeness (QED) is 0.244. The van der Waals surface area contributed by atoms with Crippen LogP contribution in [0.3, 0.4) is 0 Å². The topological polar surface area (TPSA) is 61.4 Å². The van der Waals surface area contributed by atoms with Gasteiger partial charge in [0.25, 0.3) is 0 Å². The zero-order valence-corrected chi connectivity index (χ0v) is 24.2. The van der Waals surface area contributed by atoms with Gasteiger partial charge in [-0.1, -0.05) is 24.3 Å². The Morgan fingerprint density at radius 1 is 0.976 bits per heavy atom. The van der Waals surface area contributed by atoms with Crippen molar-refractivity contribution in [1.82, 2.24) is 5.32 Å². The highest BCUT2D eigenvalue weighted by Gasteiger charge is 2.27. The number of methoxy groups -OCH3 is 1. The molecule has 1 N–H and O–H groups in total. The maximum atomic E-state index is 13.7. The van der Waals surface area contributed by atoms with E-state index in [-0.39, 0.29) is 24.4 Å². The largest absolute Gasteiger partial charge is 0.493 e. The molecule has 1 saturated heterocycles. The summed E-state index contributed by atoms with van der Waals surface area (Å²) in [5, 5.41) is 3.48. The number of nitrogens with zero attached hydrogens (tertiary/aromatic N) is 1. The third-order valence-electron chi connectivity index (χ3n) is 7.69. The van der Waals surface area contributed by atoms with Gasteiger partial charge in [-0.3, -0.25) is 0 Å². The summed E-state index contributed by atoms with van der Waals surface area (Å²) in [5.41, 5.74) is 3.48. The van der Waals surface area contributed by atoms with E-state index < -0.39 is 11.6 Å². The molecule has 2 atom stereocenters. The maximum absolute atomic E-state index is 13.7. The van der Waals surface area contributed by atoms with E-state index in [0.717, 1.165) is 74.4 Å². The molecule has 0 radical (unpaired) electrons. The van der Waals surface area contributed by atoms with Crippen LogP contribution in [0.2, 0.25) is 0 Å². The fraction of sp³-hybridized carbons (Fsp3) is 0.455. The fourth-order valence-corrected chi connectivity index (χ4v) is 5.47. The smallest absolute Gasteiger partial charge is 0.200 e. The van der Waals surface area contributed by atoms with Crippen LogP contribution in [0.5, 0.6) is 17.2 Å². The Morgan fingerprint density at radius 2 is 1.83 bits per heavy atom. The van der Waals surface area contributed by atoms with Crippen LogP contribution in [0.1, 0.15) is 36.3 Å². The third-order valence-corrected chi connectivity index (χ3v) is 7.69. The molecule has 0 bridgehead atoms. The number of anilines is 1. The first-order chi connectivity index (χ1) is 20.6. The van der Waals surface area contributed by atoms with Gasteiger partial charge < -0.3 is 33.9 Å². The summed E-state index contributed by atoms with van der Waals surface area (Å²) in [4.78, 5) is 2.37. The Labute approximate surface area is 246 Å². The van der Waals surface area contributed by atoms with Gasteiger partial charge >= 0.3 is 0 Å². The van der Waals surface area contributed by atoms with Crippen molar-refractivity contribution in [3.8, 4) is 17.2 Å². The Hall–Kier alpha value is -3.40. The van der Waals surface area contributed by atoms with Crippen LogP contribution in [-0.4, -0.2) is 65.8 Å². The van der Waals surface area contributed by atoms with Crippen molar-refractivity contribution in [3.63, 3.8) is 0 Å². The molecule has 0 aromatic heterocycles. The summed E-state index contributed by atoms with van der Waals surface area (Å²) in [6.45, 7) is 6.16. The molecule has 1 fully saturated rings. The molecule has 0 spiro atoms. The normalized spacial score (nSPS) is 18.3. The summed E-state index contributed by atoms with van der Waals surface area (Å²) >= 11 is 0. The minimum absolute atomic E-state index is 0.0518. The van der Waals surface area contributed by atoms with Gasteiger partial charge in [-0.05, 0) is 66.9 Å². The lowest BCUT2D eigenvalue weighted by Gasteiger charge is -2.33. The molecule has 2 unspecified atom stereocenters. The molecule has 42 heavy (non-hydrogen) atoms. The van der Waals surface area contributed by atoms with Crippen molar-refractivity contribution in [1.29, 1.82) is 0 Å². The number of hydrogen-bond acceptors (Lipinski definition) is 7. The van der Waals surface area contributed by atoms with Crippen LogP contribution in [-0.2, 0) is 16.1 Å². The highest BCUT2D eigenvalue weighted by Crippen LogP contribution is 2.34. The molecule has 0 amide bonds. The van der Waals surface area contributed by atoms with Gasteiger partial charge in [0.2, 0.25) is 5.82 Å². The second-order valence-corrected chi connectivity index (χ2v) is 10.6. The molecule has 3 aromatic rings. The van der Waals surface area contributed by atoms with Crippen molar-refractivity contribution in [2.24, 2.45) is 0 Å². The Bertz CT molecular complexity index is 1280. The van der Waals surface area contributed by atoms with Crippen LogP contribution < -0.4 is 24.4 Å². The van der Waals surface area contributed by atoms with Crippen molar-refractivity contribution >= 4 is 5.69 Å². The maximum Gasteiger partial charge on any atom is 0.200 e. The van der Waals surface area contributed by atoms with E-state index in [0.29, 0.717) is 26.2 Å². The average Bonchev–Trinajstić information content (AvgIpc) is 3.02. The number of benzene rings is 3. The molecule has 0 aliphatic carbocycles. The van der Waals surface area contributed by atoms with Crippen molar-refractivity contribution in [3.05, 3.63) is 83.4 Å². The second kappa shape index (κ2) is 15.2. The molecule has 3 aromatic carbocycles. The average molecular weight is 583 g/mol. The molecule has 2 aliphatic heterocycles. The summed E-state index contributed by atoms with van der Waals surface area (Å²) in [6.07, 6.45) is 2.56. The van der Waals surface area contributed by atoms with E-state index >= 15 is 0 Å². The number of ether oxygens (including phenoxy) is 5. The molecular formula is C33H40F2N2O5. The van der Waals surface area contributed by atoms with E-state index in [1.807, 2.05) is 12.1 Å². The van der Waals surface area contributed by atoms with Crippen LogP contribution in [0.15, 0.2) is 60.7 Å². The monoisotopic (exact) mass is 582 g/mol. The molecule has 226 valence electrons. The Balaban J connectivity index is 1.11. The minimum Gasteiger partial charge on any atom is -0.493 e. The van der Waals surface area contributed by atoms with E-state index in [2.05, 4.69) is 40.5 Å². The van der Waals surface area contributed by atoms with Crippen LogP contribution in [0.4, 0.5) is 14.5 Å². The molecular weight excluding hydrogens is 542 g/mol. The van der Waals surface area contributed by atoms with Gasteiger partial charge in [-0.2, -0.15) is 4.39 Å². The number of rotatable bonds is 14. The number of halogens is 2. The third kappa shape index (κ3) is 7.91. The molecule has 0 saturated carbocycles. The fourth-order valence-electron chi connectivity index (χ4n) is 5.47. The predicted molar refractivity (Wildman–Crippen MR) is 158 cm³/mol. The first-order valence-corrected chi connectivity index (χ1v) is 14.7. The van der Waals surface area contributed by atoms with Gasteiger partial charge in [0.15, 0.2) is 11.6 Å². The molecule has 2 aliphatic rings. The minimum atomic E-state index is -0.966. The van der Waals surface area contributed by atoms with E-state index in [1.165, 1.54) is 17.7 Å². The van der Waals surface area contributed by atoms with Crippen LogP contribution in [0, 0.1) is 11.6 Å². The van der Waals surface area contributed by atoms with Crippen molar-refractivity contribution < 1.29 is 32.5 Å². The highest BCUT2D eigenvalue weighted by atomic mass is 19.2. The van der Waals surface area contributed by atoms with Crippen LogP contribution in [0.25, 0.3) is 0 Å². The van der Waals surface area contributed by atoms with E-state index in [1.54, 1.807) is 7.11 Å². The van der Waals surface area contributed by atoms with E-state index in [4.69, 9.17) is 23.7 Å². The van der Waals surface area contributed by atoms with Gasteiger partial charge in [-0.15, -0.1) is 0 Å². The number of piperidine rings is 1. The number of nitrogens with one attached hydrogen (secondary N) is 1. The van der Waals surface area contributed by atoms with Gasteiger partial charge in [-0.25, -0.2) is 4.39 Å². The molecule has 7 nitrogen and oxygen atoms in total. The Kier molecular flexibility index (Phi) is 10.9. The number of hydrogen-bond donors (Lipinski definition) is 1. The lowest BCUT2D eigenvalue weighted by Crippen LogP contribution is -2.41. The first kappa shape index (κ1) is 30.1. The highest BCUT2D eigenvalue weighted by molar-refractivity contribution is 5.61. The van der Waals surface area contributed by atoms with Gasteiger partial charge in [0, 0.05) is 39.1 Å². The molecule has 5 rings (SSSR count). The lowest BCUT2D eigenvalue weighted by atomic mass is 9.87. The van der Waals surface area contributed by atoms with Crippen molar-refractivity contribution in [2.45, 2.75) is 37.9 Å². The summed E-state index contributed by atoms with van der Waals surface area (Å²) < 4.78 is 55.8. The van der Waals surface area contributed by atoms with Crippen molar-refractivity contribution in [2.75, 3.05) is 64.6 Å². The molecule has 2 heterocycles. The van der Waals surface area contributed by atoms with Gasteiger partial charge in [0.1, 0.15) is 18.1 Å². The standard InChI is InChI=1S/C33H40F2N2O5/c1-38-17-3-15-37-16-20-41-30-12-7-24(21-29(30)37)23-42-32-22-36-14-13-27(32)25-8-10-26(11-9-25)39-18-4-19-40-31-6-2-5-28(34)33(31)35/h2,5-12,21,27,32,36H,3-4,13-20,22-23H2,1H3. The number of fused-ring (bicyclic) bond motifs is 1. The summed E-state index contributed by atoms with van der Waals surface area (Å²) in [6, 6.07) is 18.4. The molecule has 9 heteroatoms. The van der Waals surface area contributed by atoms with E-state index in [9.17, 15) is 8.78 Å².